The SMILES string of the molecule is CN(CCCCC(=O)CN1C(=O)/C(=C/c2cccc(Cl)c2)Sc2ccccc21)Cc1ccccc1. The number of rotatable bonds is 10. The number of Topliss-reactive ketones (excluding diaryl/α,β-unsaturated/α-hetero) is 1. The number of unbranched alkanes of at least 4 members (excludes halogenated alkanes) is 1. The van der Waals surface area contributed by atoms with E-state index >= 15 is 0 Å². The molecule has 1 heterocycles. The maximum absolute atomic E-state index is 13.4. The molecule has 0 bridgehead atoms. The van der Waals surface area contributed by atoms with Gasteiger partial charge in [0, 0.05) is 22.9 Å². The van der Waals surface area contributed by atoms with Crippen LogP contribution in [-0.4, -0.2) is 36.7 Å². The van der Waals surface area contributed by atoms with E-state index in [1.165, 1.54) is 17.3 Å². The number of fused-ring (bicyclic) bond motifs is 1. The molecule has 0 unspecified atom stereocenters. The number of ketones is 1. The fourth-order valence-corrected chi connectivity index (χ4v) is 5.36. The molecule has 6 heteroatoms. The Labute approximate surface area is 216 Å². The van der Waals surface area contributed by atoms with E-state index in [0.717, 1.165) is 42.1 Å². The average molecular weight is 505 g/mol. The van der Waals surface area contributed by atoms with Gasteiger partial charge >= 0.3 is 0 Å². The van der Waals surface area contributed by atoms with Gasteiger partial charge in [-0.05, 0) is 67.9 Å². The highest BCUT2D eigenvalue weighted by molar-refractivity contribution is 8.04. The van der Waals surface area contributed by atoms with Gasteiger partial charge in [-0.15, -0.1) is 0 Å². The number of halogens is 1. The van der Waals surface area contributed by atoms with Gasteiger partial charge in [-0.1, -0.05) is 78.0 Å². The number of hydrogen-bond donors (Lipinski definition) is 0. The zero-order valence-corrected chi connectivity index (χ0v) is 21.4. The molecule has 0 radical (unpaired) electrons. The summed E-state index contributed by atoms with van der Waals surface area (Å²) in [4.78, 5) is 31.7. The highest BCUT2D eigenvalue weighted by Crippen LogP contribution is 2.42. The fraction of sp³-hybridized carbons (Fsp3) is 0.241. The molecule has 0 aromatic heterocycles. The molecule has 0 saturated heterocycles. The van der Waals surface area contributed by atoms with Crippen molar-refractivity contribution in [2.24, 2.45) is 0 Å². The average Bonchev–Trinajstić information content (AvgIpc) is 2.85. The van der Waals surface area contributed by atoms with Crippen molar-refractivity contribution < 1.29 is 9.59 Å². The van der Waals surface area contributed by atoms with Crippen LogP contribution in [0.25, 0.3) is 6.08 Å². The molecule has 180 valence electrons. The first-order valence-electron chi connectivity index (χ1n) is 11.8. The van der Waals surface area contributed by atoms with Gasteiger partial charge in [0.25, 0.3) is 5.91 Å². The molecule has 0 saturated carbocycles. The van der Waals surface area contributed by atoms with Crippen LogP contribution >= 0.6 is 23.4 Å². The van der Waals surface area contributed by atoms with Crippen molar-refractivity contribution in [3.05, 3.63) is 99.9 Å². The predicted molar refractivity (Wildman–Crippen MR) is 146 cm³/mol. The normalized spacial score (nSPS) is 14.4. The Kier molecular flexibility index (Phi) is 8.80. The second-order valence-corrected chi connectivity index (χ2v) is 10.3. The summed E-state index contributed by atoms with van der Waals surface area (Å²) >= 11 is 7.55. The third-order valence-electron chi connectivity index (χ3n) is 5.85. The molecule has 0 N–H and O–H groups in total. The van der Waals surface area contributed by atoms with Crippen LogP contribution in [0.4, 0.5) is 5.69 Å². The van der Waals surface area contributed by atoms with Gasteiger partial charge in [0.2, 0.25) is 0 Å². The molecule has 0 spiro atoms. The van der Waals surface area contributed by atoms with E-state index in [0.29, 0.717) is 16.3 Å². The second-order valence-electron chi connectivity index (χ2n) is 8.74. The standard InChI is InChI=1S/C29H29ClN2O2S/c1-31(20-22-10-3-2-4-11-22)17-8-7-14-25(33)21-32-26-15-5-6-16-27(26)35-28(29(32)34)19-23-12-9-13-24(30)18-23/h2-6,9-13,15-16,18-19H,7-8,14,17,20-21H2,1H3/b28-19-. The Balaban J connectivity index is 1.35. The lowest BCUT2D eigenvalue weighted by Crippen LogP contribution is -2.38. The van der Waals surface area contributed by atoms with Gasteiger partial charge in [0.15, 0.2) is 5.78 Å². The number of para-hydroxylation sites is 1. The van der Waals surface area contributed by atoms with Gasteiger partial charge in [-0.3, -0.25) is 14.5 Å². The van der Waals surface area contributed by atoms with Crippen molar-refractivity contribution in [2.75, 3.05) is 25.0 Å². The van der Waals surface area contributed by atoms with Crippen molar-refractivity contribution in [1.82, 2.24) is 4.90 Å². The Bertz CT molecular complexity index is 1210. The van der Waals surface area contributed by atoms with Gasteiger partial charge in [0.05, 0.1) is 17.1 Å². The maximum atomic E-state index is 13.4. The summed E-state index contributed by atoms with van der Waals surface area (Å²) in [5, 5.41) is 0.620. The van der Waals surface area contributed by atoms with Crippen molar-refractivity contribution in [2.45, 2.75) is 30.7 Å². The summed E-state index contributed by atoms with van der Waals surface area (Å²) in [5.41, 5.74) is 2.94. The van der Waals surface area contributed by atoms with Gasteiger partial charge in [-0.2, -0.15) is 0 Å². The molecule has 1 aliphatic heterocycles. The Morgan fingerprint density at radius 2 is 1.77 bits per heavy atom. The minimum absolute atomic E-state index is 0.0767. The van der Waals surface area contributed by atoms with Crippen LogP contribution in [0.5, 0.6) is 0 Å². The van der Waals surface area contributed by atoms with Crippen LogP contribution in [-0.2, 0) is 16.1 Å². The zero-order valence-electron chi connectivity index (χ0n) is 19.8. The van der Waals surface area contributed by atoms with Crippen molar-refractivity contribution >= 4 is 46.8 Å². The molecular formula is C29H29ClN2O2S. The highest BCUT2D eigenvalue weighted by atomic mass is 35.5. The fourth-order valence-electron chi connectivity index (χ4n) is 4.10. The smallest absolute Gasteiger partial charge is 0.265 e. The van der Waals surface area contributed by atoms with E-state index in [4.69, 9.17) is 11.6 Å². The lowest BCUT2D eigenvalue weighted by atomic mass is 10.1. The first-order valence-corrected chi connectivity index (χ1v) is 13.0. The zero-order chi connectivity index (χ0) is 24.6. The largest absolute Gasteiger partial charge is 0.302 e. The van der Waals surface area contributed by atoms with Crippen LogP contribution in [0.15, 0.2) is 88.7 Å². The van der Waals surface area contributed by atoms with Gasteiger partial charge < -0.3 is 4.90 Å². The van der Waals surface area contributed by atoms with E-state index in [9.17, 15) is 9.59 Å². The lowest BCUT2D eigenvalue weighted by molar-refractivity contribution is -0.121. The molecule has 0 atom stereocenters. The molecule has 35 heavy (non-hydrogen) atoms. The van der Waals surface area contributed by atoms with Crippen molar-refractivity contribution in [1.29, 1.82) is 0 Å². The van der Waals surface area contributed by atoms with Gasteiger partial charge in [0.1, 0.15) is 0 Å². The first-order chi connectivity index (χ1) is 17.0. The van der Waals surface area contributed by atoms with Crippen molar-refractivity contribution in [3.8, 4) is 0 Å². The summed E-state index contributed by atoms with van der Waals surface area (Å²) in [6.45, 7) is 1.91. The molecule has 4 nitrogen and oxygen atoms in total. The van der Waals surface area contributed by atoms with E-state index in [-0.39, 0.29) is 18.2 Å². The molecule has 4 rings (SSSR count). The molecule has 0 fully saturated rings. The van der Waals surface area contributed by atoms with E-state index < -0.39 is 0 Å². The van der Waals surface area contributed by atoms with E-state index in [1.807, 2.05) is 54.6 Å². The maximum Gasteiger partial charge on any atom is 0.265 e. The number of anilines is 1. The monoisotopic (exact) mass is 504 g/mol. The summed E-state index contributed by atoms with van der Waals surface area (Å²) in [7, 11) is 2.10. The molecule has 3 aromatic rings. The third kappa shape index (κ3) is 7.07. The summed E-state index contributed by atoms with van der Waals surface area (Å²) in [6, 6.07) is 25.5. The highest BCUT2D eigenvalue weighted by Gasteiger charge is 2.30. The number of benzene rings is 3. The Hall–Kier alpha value is -2.86. The third-order valence-corrected chi connectivity index (χ3v) is 7.17. The lowest BCUT2D eigenvalue weighted by Gasteiger charge is -2.30. The number of carbonyl (C=O) groups is 2. The molecule has 0 aliphatic carbocycles. The number of thioether (sulfide) groups is 1. The molecular weight excluding hydrogens is 476 g/mol. The topological polar surface area (TPSA) is 40.6 Å². The van der Waals surface area contributed by atoms with Crippen LogP contribution in [0, 0.1) is 0 Å². The second kappa shape index (κ2) is 12.2. The number of carbonyl (C=O) groups excluding carboxylic acids is 2. The number of amides is 1. The van der Waals surface area contributed by atoms with E-state index in [2.05, 4.69) is 36.2 Å². The molecule has 1 amide bonds. The Morgan fingerprint density at radius 1 is 1.00 bits per heavy atom. The quantitative estimate of drug-likeness (QED) is 0.228. The van der Waals surface area contributed by atoms with Crippen molar-refractivity contribution in [3.63, 3.8) is 0 Å². The predicted octanol–water partition coefficient (Wildman–Crippen LogP) is 6.69. The summed E-state index contributed by atoms with van der Waals surface area (Å²) in [6.07, 6.45) is 4.05. The Morgan fingerprint density at radius 3 is 2.57 bits per heavy atom. The van der Waals surface area contributed by atoms with Crippen LogP contribution in [0.1, 0.15) is 30.4 Å². The summed E-state index contributed by atoms with van der Waals surface area (Å²) < 4.78 is 0. The minimum atomic E-state index is -0.149. The summed E-state index contributed by atoms with van der Waals surface area (Å²) in [5.74, 6) is -0.0718. The van der Waals surface area contributed by atoms with Crippen LogP contribution in [0.2, 0.25) is 5.02 Å². The van der Waals surface area contributed by atoms with E-state index in [1.54, 1.807) is 11.0 Å². The van der Waals surface area contributed by atoms with Gasteiger partial charge in [-0.25, -0.2) is 0 Å². The minimum Gasteiger partial charge on any atom is -0.302 e. The van der Waals surface area contributed by atoms with Crippen LogP contribution < -0.4 is 4.90 Å². The molecule has 3 aromatic carbocycles. The van der Waals surface area contributed by atoms with Crippen LogP contribution in [0.3, 0.4) is 0 Å². The molecule has 1 aliphatic rings. The number of nitrogens with zero attached hydrogens (tertiary/aromatic N) is 2. The first kappa shape index (κ1) is 25.2. The number of hydrogen-bond acceptors (Lipinski definition) is 4.